The summed E-state index contributed by atoms with van der Waals surface area (Å²) in [5, 5.41) is 0. The number of sulfonamides is 1. The van der Waals surface area contributed by atoms with E-state index >= 15 is 0 Å². The number of sulfone groups is 1. The van der Waals surface area contributed by atoms with Gasteiger partial charge in [0.1, 0.15) is 9.84 Å². The van der Waals surface area contributed by atoms with E-state index in [0.29, 0.717) is 0 Å². The van der Waals surface area contributed by atoms with Gasteiger partial charge in [0.05, 0.1) is 18.6 Å². The Morgan fingerprint density at radius 3 is 2.24 bits per heavy atom. The molecule has 0 bridgehead atoms. The van der Waals surface area contributed by atoms with Crippen molar-refractivity contribution in [2.75, 3.05) is 31.4 Å². The molecule has 0 saturated heterocycles. The van der Waals surface area contributed by atoms with Crippen LogP contribution < -0.4 is 4.72 Å². The number of carbonyl (C=O) groups excluding carboxylic acids is 1. The number of esters is 1. The Labute approximate surface area is 102 Å². The van der Waals surface area contributed by atoms with Gasteiger partial charge in [0.25, 0.3) is 0 Å². The molecule has 0 aliphatic carbocycles. The lowest BCUT2D eigenvalue weighted by molar-refractivity contribution is -0.140. The topological polar surface area (TPSA) is 107 Å². The van der Waals surface area contributed by atoms with E-state index in [-0.39, 0.29) is 30.9 Å². The lowest BCUT2D eigenvalue weighted by Crippen LogP contribution is -2.31. The van der Waals surface area contributed by atoms with Crippen molar-refractivity contribution in [2.24, 2.45) is 0 Å². The van der Waals surface area contributed by atoms with Gasteiger partial charge in [-0.3, -0.25) is 4.79 Å². The van der Waals surface area contributed by atoms with Crippen LogP contribution in [0.2, 0.25) is 0 Å². The van der Waals surface area contributed by atoms with E-state index in [1.54, 1.807) is 0 Å². The van der Waals surface area contributed by atoms with Crippen molar-refractivity contribution < 1.29 is 26.4 Å². The van der Waals surface area contributed by atoms with Crippen molar-refractivity contribution in [3.63, 3.8) is 0 Å². The molecule has 1 N–H and O–H groups in total. The molecule has 0 amide bonds. The first kappa shape index (κ1) is 16.3. The first-order valence-electron chi connectivity index (χ1n) is 4.88. The van der Waals surface area contributed by atoms with Crippen LogP contribution in [0.25, 0.3) is 0 Å². The minimum absolute atomic E-state index is 0.0173. The molecule has 17 heavy (non-hydrogen) atoms. The third kappa shape index (κ3) is 10.2. The number of carbonyl (C=O) groups is 1. The van der Waals surface area contributed by atoms with Crippen LogP contribution in [0, 0.1) is 0 Å². The van der Waals surface area contributed by atoms with E-state index in [1.165, 1.54) is 7.11 Å². The van der Waals surface area contributed by atoms with Gasteiger partial charge in [0, 0.05) is 19.2 Å². The van der Waals surface area contributed by atoms with Gasteiger partial charge < -0.3 is 4.74 Å². The van der Waals surface area contributed by atoms with E-state index in [2.05, 4.69) is 9.46 Å². The number of hydrogen-bond acceptors (Lipinski definition) is 6. The van der Waals surface area contributed by atoms with Gasteiger partial charge in [0.2, 0.25) is 10.0 Å². The SMILES string of the molecule is COC(=O)CCCS(=O)(=O)NCCS(C)(=O)=O. The number of ether oxygens (including phenoxy) is 1. The maximum atomic E-state index is 11.3. The Balaban J connectivity index is 3.93. The van der Waals surface area contributed by atoms with Crippen LogP contribution in [0.3, 0.4) is 0 Å². The van der Waals surface area contributed by atoms with Crippen LogP contribution in [-0.2, 0) is 29.4 Å². The first-order chi connectivity index (χ1) is 7.66. The summed E-state index contributed by atoms with van der Waals surface area (Å²) in [7, 11) is -5.49. The summed E-state index contributed by atoms with van der Waals surface area (Å²) in [6, 6.07) is 0. The van der Waals surface area contributed by atoms with Crippen molar-refractivity contribution >= 4 is 25.8 Å². The summed E-state index contributed by atoms with van der Waals surface area (Å²) in [4.78, 5) is 10.7. The molecule has 0 atom stereocenters. The predicted molar refractivity (Wildman–Crippen MR) is 62.8 cm³/mol. The zero-order chi connectivity index (χ0) is 13.5. The molecular formula is C8H17NO6S2. The number of methoxy groups -OCH3 is 1. The quantitative estimate of drug-likeness (QED) is 0.568. The molecule has 0 aromatic rings. The molecule has 0 aromatic carbocycles. The number of nitrogens with one attached hydrogen (secondary N) is 1. The number of rotatable bonds is 8. The average molecular weight is 287 g/mol. The third-order valence-corrected chi connectivity index (χ3v) is 4.23. The van der Waals surface area contributed by atoms with Gasteiger partial charge in [-0.25, -0.2) is 21.6 Å². The van der Waals surface area contributed by atoms with Gasteiger partial charge in [0.15, 0.2) is 0 Å². The van der Waals surface area contributed by atoms with Crippen LogP contribution in [0.5, 0.6) is 0 Å². The molecule has 0 unspecified atom stereocenters. The molecule has 0 spiro atoms. The molecule has 0 heterocycles. The van der Waals surface area contributed by atoms with E-state index in [9.17, 15) is 21.6 Å². The Morgan fingerprint density at radius 2 is 1.76 bits per heavy atom. The second-order valence-corrected chi connectivity index (χ2v) is 7.71. The average Bonchev–Trinajstić information content (AvgIpc) is 2.14. The molecular weight excluding hydrogens is 270 g/mol. The fourth-order valence-electron chi connectivity index (χ4n) is 0.963. The molecule has 7 nitrogen and oxygen atoms in total. The van der Waals surface area contributed by atoms with E-state index in [4.69, 9.17) is 0 Å². The Morgan fingerprint density at radius 1 is 1.18 bits per heavy atom. The summed E-state index contributed by atoms with van der Waals surface area (Å²) < 4.78 is 50.7. The van der Waals surface area contributed by atoms with E-state index in [0.717, 1.165) is 6.26 Å². The Hall–Kier alpha value is -0.670. The van der Waals surface area contributed by atoms with Crippen LogP contribution in [0.4, 0.5) is 0 Å². The lowest BCUT2D eigenvalue weighted by atomic mass is 10.3. The van der Waals surface area contributed by atoms with Crippen LogP contribution in [0.1, 0.15) is 12.8 Å². The maximum absolute atomic E-state index is 11.3. The van der Waals surface area contributed by atoms with Crippen molar-refractivity contribution in [3.8, 4) is 0 Å². The highest BCUT2D eigenvalue weighted by molar-refractivity contribution is 7.91. The first-order valence-corrected chi connectivity index (χ1v) is 8.59. The molecule has 9 heteroatoms. The van der Waals surface area contributed by atoms with Gasteiger partial charge in [-0.1, -0.05) is 0 Å². The minimum atomic E-state index is -3.53. The fourth-order valence-corrected chi connectivity index (χ4v) is 2.65. The van der Waals surface area contributed by atoms with E-state index in [1.807, 2.05) is 0 Å². The highest BCUT2D eigenvalue weighted by Gasteiger charge is 2.12. The molecule has 0 rings (SSSR count). The summed E-state index contributed by atoms with van der Waals surface area (Å²) in [5.74, 6) is -0.953. The van der Waals surface area contributed by atoms with E-state index < -0.39 is 25.8 Å². The molecule has 0 saturated carbocycles. The molecule has 102 valence electrons. The second-order valence-electron chi connectivity index (χ2n) is 3.52. The zero-order valence-electron chi connectivity index (χ0n) is 9.80. The largest absolute Gasteiger partial charge is 0.469 e. The second kappa shape index (κ2) is 6.92. The Kier molecular flexibility index (Phi) is 6.65. The monoisotopic (exact) mass is 287 g/mol. The summed E-state index contributed by atoms with van der Waals surface area (Å²) in [6.45, 7) is -0.153. The highest BCUT2D eigenvalue weighted by atomic mass is 32.2. The molecule has 0 aliphatic rings. The molecule has 0 aromatic heterocycles. The van der Waals surface area contributed by atoms with Crippen LogP contribution in [0.15, 0.2) is 0 Å². The lowest BCUT2D eigenvalue weighted by Gasteiger charge is -2.05. The molecule has 0 radical (unpaired) electrons. The van der Waals surface area contributed by atoms with Gasteiger partial charge in [-0.15, -0.1) is 0 Å². The molecule has 0 aliphatic heterocycles. The fraction of sp³-hybridized carbons (Fsp3) is 0.875. The van der Waals surface area contributed by atoms with Gasteiger partial charge in [-0.2, -0.15) is 0 Å². The number of hydrogen-bond donors (Lipinski definition) is 1. The normalized spacial score (nSPS) is 12.4. The summed E-state index contributed by atoms with van der Waals surface area (Å²) >= 11 is 0. The summed E-state index contributed by atoms with van der Waals surface area (Å²) in [6.07, 6.45) is 1.18. The Bertz CT molecular complexity index is 439. The van der Waals surface area contributed by atoms with Gasteiger partial charge >= 0.3 is 5.97 Å². The smallest absolute Gasteiger partial charge is 0.305 e. The standard InChI is InChI=1S/C8H17NO6S2/c1-15-8(10)4-3-6-17(13,14)9-5-7-16(2,11)12/h9H,3-7H2,1-2H3. The predicted octanol–water partition coefficient (Wildman–Crippen LogP) is -1.10. The van der Waals surface area contributed by atoms with Crippen LogP contribution >= 0.6 is 0 Å². The highest BCUT2D eigenvalue weighted by Crippen LogP contribution is 1.96. The van der Waals surface area contributed by atoms with Crippen molar-refractivity contribution in [1.82, 2.24) is 4.72 Å². The zero-order valence-corrected chi connectivity index (χ0v) is 11.4. The van der Waals surface area contributed by atoms with Crippen LogP contribution in [-0.4, -0.2) is 54.2 Å². The summed E-state index contributed by atoms with van der Waals surface area (Å²) in [5.41, 5.74) is 0. The van der Waals surface area contributed by atoms with Gasteiger partial charge in [-0.05, 0) is 6.42 Å². The van der Waals surface area contributed by atoms with Crippen molar-refractivity contribution in [2.45, 2.75) is 12.8 Å². The van der Waals surface area contributed by atoms with Crippen molar-refractivity contribution in [1.29, 1.82) is 0 Å². The third-order valence-electron chi connectivity index (χ3n) is 1.82. The molecule has 0 fully saturated rings. The van der Waals surface area contributed by atoms with Crippen molar-refractivity contribution in [3.05, 3.63) is 0 Å². The minimum Gasteiger partial charge on any atom is -0.469 e. The maximum Gasteiger partial charge on any atom is 0.305 e.